The summed E-state index contributed by atoms with van der Waals surface area (Å²) in [5, 5.41) is 11.1. The summed E-state index contributed by atoms with van der Waals surface area (Å²) in [7, 11) is 1.65. The highest BCUT2D eigenvalue weighted by Gasteiger charge is 2.22. The second kappa shape index (κ2) is 7.32. The molecule has 1 aromatic heterocycles. The molecule has 7 nitrogen and oxygen atoms in total. The van der Waals surface area contributed by atoms with E-state index in [0.29, 0.717) is 4.88 Å². The molecule has 0 atom stereocenters. The number of nitro benzene ring substituents is 1. The van der Waals surface area contributed by atoms with Crippen molar-refractivity contribution >= 4 is 28.6 Å². The van der Waals surface area contributed by atoms with Gasteiger partial charge in [0.2, 0.25) is 0 Å². The smallest absolute Gasteiger partial charge is 0.294 e. The average molecular weight is 395 g/mol. The molecule has 4 rings (SSSR count). The first-order valence-electron chi connectivity index (χ1n) is 8.66. The maximum atomic E-state index is 12.6. The Hall–Kier alpha value is -3.39. The fourth-order valence-corrected chi connectivity index (χ4v) is 4.44. The largest absolute Gasteiger partial charge is 0.497 e. The number of anilines is 1. The Morgan fingerprint density at radius 1 is 1.14 bits per heavy atom. The van der Waals surface area contributed by atoms with E-state index in [0.717, 1.165) is 34.6 Å². The van der Waals surface area contributed by atoms with Gasteiger partial charge >= 0.3 is 0 Å². The summed E-state index contributed by atoms with van der Waals surface area (Å²) < 4.78 is 5.30. The number of para-hydroxylation sites is 2. The van der Waals surface area contributed by atoms with E-state index in [1.165, 1.54) is 23.0 Å². The van der Waals surface area contributed by atoms with Crippen molar-refractivity contribution in [2.24, 2.45) is 0 Å². The van der Waals surface area contributed by atoms with Crippen LogP contribution in [0.5, 0.6) is 5.75 Å². The molecule has 0 fully saturated rings. The van der Waals surface area contributed by atoms with Gasteiger partial charge in [-0.1, -0.05) is 12.1 Å². The summed E-state index contributed by atoms with van der Waals surface area (Å²) in [4.78, 5) is 24.8. The van der Waals surface area contributed by atoms with Crippen LogP contribution in [0, 0.1) is 10.1 Å². The minimum Gasteiger partial charge on any atom is -0.497 e. The number of nitrogens with zero attached hydrogens (tertiary/aromatic N) is 1. The Labute approximate surface area is 165 Å². The highest BCUT2D eigenvalue weighted by molar-refractivity contribution is 7.17. The molecule has 0 aliphatic heterocycles. The number of hydrazine groups is 1. The van der Waals surface area contributed by atoms with Gasteiger partial charge in [-0.05, 0) is 59.9 Å². The second-order valence-electron chi connectivity index (χ2n) is 6.34. The van der Waals surface area contributed by atoms with Crippen LogP contribution >= 0.6 is 11.3 Å². The predicted octanol–water partition coefficient (Wildman–Crippen LogP) is 4.19. The Bertz CT molecular complexity index is 1080. The normalized spacial score (nSPS) is 11.9. The van der Waals surface area contributed by atoms with Crippen molar-refractivity contribution in [1.29, 1.82) is 0 Å². The first-order valence-corrected chi connectivity index (χ1v) is 9.48. The second-order valence-corrected chi connectivity index (χ2v) is 7.39. The van der Waals surface area contributed by atoms with Gasteiger partial charge in [0.1, 0.15) is 11.4 Å². The number of benzene rings is 2. The molecule has 1 amide bonds. The zero-order chi connectivity index (χ0) is 19.7. The molecule has 2 N–H and O–H groups in total. The van der Waals surface area contributed by atoms with Crippen molar-refractivity contribution in [3.63, 3.8) is 0 Å². The number of carbonyl (C=O) groups excluding carboxylic acids is 1. The van der Waals surface area contributed by atoms with E-state index in [2.05, 4.69) is 10.9 Å². The van der Waals surface area contributed by atoms with E-state index in [1.807, 2.05) is 24.3 Å². The van der Waals surface area contributed by atoms with Crippen molar-refractivity contribution in [3.05, 3.63) is 74.6 Å². The summed E-state index contributed by atoms with van der Waals surface area (Å²) in [6.07, 6.45) is 1.75. The fraction of sp³-hybridized carbons (Fsp3) is 0.150. The van der Waals surface area contributed by atoms with Crippen LogP contribution < -0.4 is 15.6 Å². The number of methoxy groups -OCH3 is 1. The molecule has 0 saturated heterocycles. The van der Waals surface area contributed by atoms with Gasteiger partial charge in [0.25, 0.3) is 11.6 Å². The Kier molecular flexibility index (Phi) is 4.70. The first kappa shape index (κ1) is 18.0. The van der Waals surface area contributed by atoms with Crippen LogP contribution in [0.1, 0.15) is 20.8 Å². The maximum absolute atomic E-state index is 12.6. The average Bonchev–Trinajstić information content (AvgIpc) is 3.16. The molecular weight excluding hydrogens is 378 g/mol. The molecule has 1 aliphatic rings. The van der Waals surface area contributed by atoms with Crippen molar-refractivity contribution in [1.82, 2.24) is 5.43 Å². The first-order chi connectivity index (χ1) is 13.6. The van der Waals surface area contributed by atoms with Gasteiger partial charge in [0.05, 0.1) is 16.9 Å². The quantitative estimate of drug-likeness (QED) is 0.499. The molecule has 0 radical (unpaired) electrons. The maximum Gasteiger partial charge on any atom is 0.294 e. The van der Waals surface area contributed by atoms with Crippen LogP contribution in [-0.4, -0.2) is 17.9 Å². The number of nitrogens with one attached hydrogen (secondary N) is 2. The number of hydrogen-bond acceptors (Lipinski definition) is 6. The third-order valence-electron chi connectivity index (χ3n) is 4.66. The number of fused-ring (bicyclic) bond motifs is 3. The molecule has 0 saturated carbocycles. The Balaban J connectivity index is 1.54. The molecule has 1 heterocycles. The lowest BCUT2D eigenvalue weighted by Gasteiger charge is -2.16. The molecule has 8 heteroatoms. The van der Waals surface area contributed by atoms with Crippen molar-refractivity contribution in [3.8, 4) is 16.2 Å². The topological polar surface area (TPSA) is 93.5 Å². The monoisotopic (exact) mass is 395 g/mol. The lowest BCUT2D eigenvalue weighted by Crippen LogP contribution is -2.29. The highest BCUT2D eigenvalue weighted by atomic mass is 32.1. The molecule has 0 spiro atoms. The van der Waals surface area contributed by atoms with Gasteiger partial charge in [0, 0.05) is 10.9 Å². The molecule has 28 heavy (non-hydrogen) atoms. The summed E-state index contributed by atoms with van der Waals surface area (Å²) in [6, 6.07) is 14.0. The molecule has 0 unspecified atom stereocenters. The van der Waals surface area contributed by atoms with Gasteiger partial charge in [-0.3, -0.25) is 25.8 Å². The van der Waals surface area contributed by atoms with Gasteiger partial charge in [-0.15, -0.1) is 11.3 Å². The Morgan fingerprint density at radius 3 is 2.71 bits per heavy atom. The third-order valence-corrected chi connectivity index (χ3v) is 5.87. The van der Waals surface area contributed by atoms with Crippen LogP contribution in [0.25, 0.3) is 10.4 Å². The van der Waals surface area contributed by atoms with Crippen LogP contribution in [0.2, 0.25) is 0 Å². The lowest BCUT2D eigenvalue weighted by atomic mass is 9.91. The van der Waals surface area contributed by atoms with E-state index in [9.17, 15) is 14.9 Å². The lowest BCUT2D eigenvalue weighted by molar-refractivity contribution is -0.384. The van der Waals surface area contributed by atoms with Crippen LogP contribution in [0.4, 0.5) is 11.4 Å². The third kappa shape index (κ3) is 3.29. The number of amides is 1. The minimum absolute atomic E-state index is 0.101. The van der Waals surface area contributed by atoms with Crippen LogP contribution in [0.3, 0.4) is 0 Å². The summed E-state index contributed by atoms with van der Waals surface area (Å²) >= 11 is 1.42. The highest BCUT2D eigenvalue weighted by Crippen LogP contribution is 2.40. The number of hydrogen-bond donors (Lipinski definition) is 2. The van der Waals surface area contributed by atoms with Gasteiger partial charge in [0.15, 0.2) is 0 Å². The van der Waals surface area contributed by atoms with Gasteiger partial charge in [-0.2, -0.15) is 0 Å². The molecule has 0 bridgehead atoms. The predicted molar refractivity (Wildman–Crippen MR) is 108 cm³/mol. The zero-order valence-electron chi connectivity index (χ0n) is 15.0. The van der Waals surface area contributed by atoms with Crippen LogP contribution in [0.15, 0.2) is 48.5 Å². The number of aryl methyl sites for hydroxylation is 2. The van der Waals surface area contributed by atoms with Crippen molar-refractivity contribution in [2.75, 3.05) is 12.5 Å². The van der Waals surface area contributed by atoms with E-state index >= 15 is 0 Å². The molecule has 1 aliphatic carbocycles. The van der Waals surface area contributed by atoms with Crippen molar-refractivity contribution in [2.45, 2.75) is 12.8 Å². The van der Waals surface area contributed by atoms with E-state index in [4.69, 9.17) is 4.74 Å². The number of thiophene rings is 1. The molecule has 2 aromatic carbocycles. The number of carbonyl (C=O) groups is 1. The minimum atomic E-state index is -0.496. The van der Waals surface area contributed by atoms with Crippen molar-refractivity contribution < 1.29 is 14.5 Å². The summed E-state index contributed by atoms with van der Waals surface area (Å²) in [6.45, 7) is 0. The standard InChI is InChI=1S/C20H17N3O4S/c1-27-14-8-9-15-12(10-14)6-7-13-11-18(28-19(13)15)20(24)22-21-16-4-2-3-5-17(16)23(25)26/h2-5,8-11,21H,6-7H2,1H3,(H,22,24). The molecular formula is C20H17N3O4S. The van der Waals surface area contributed by atoms with Crippen LogP contribution in [-0.2, 0) is 12.8 Å². The SMILES string of the molecule is COc1ccc2c(c1)CCc1cc(C(=O)NNc3ccccc3[N+](=O)[O-])sc1-2. The van der Waals surface area contributed by atoms with Gasteiger partial charge < -0.3 is 4.74 Å². The molecule has 3 aromatic rings. The number of ether oxygens (including phenoxy) is 1. The zero-order valence-corrected chi connectivity index (χ0v) is 15.8. The Morgan fingerprint density at radius 2 is 1.93 bits per heavy atom. The number of rotatable bonds is 5. The molecule has 142 valence electrons. The number of nitro groups is 1. The van der Waals surface area contributed by atoms with Gasteiger partial charge in [-0.25, -0.2) is 0 Å². The fourth-order valence-electron chi connectivity index (χ4n) is 3.27. The van der Waals surface area contributed by atoms with E-state index < -0.39 is 4.92 Å². The van der Waals surface area contributed by atoms with E-state index in [-0.39, 0.29) is 17.3 Å². The van der Waals surface area contributed by atoms with E-state index in [1.54, 1.807) is 25.3 Å². The summed E-state index contributed by atoms with van der Waals surface area (Å²) in [5.74, 6) is 0.498. The summed E-state index contributed by atoms with van der Waals surface area (Å²) in [5.41, 5.74) is 8.82.